The van der Waals surface area contributed by atoms with Crippen molar-refractivity contribution in [2.24, 2.45) is 0 Å². The number of H-pyrrole nitrogens is 1. The van der Waals surface area contributed by atoms with Gasteiger partial charge in [-0.05, 0) is 69.2 Å². The quantitative estimate of drug-likeness (QED) is 0.346. The third-order valence-electron chi connectivity index (χ3n) is 5.61. The SMILES string of the molecule is CCOc1ccc(-n2c(-c3cc(CC)c(OC)cc3O)n[nH]c2=S)c2ccn(C(C)C)c12. The van der Waals surface area contributed by atoms with E-state index in [1.54, 1.807) is 13.2 Å². The lowest BCUT2D eigenvalue weighted by Crippen LogP contribution is -2.04. The van der Waals surface area contributed by atoms with E-state index >= 15 is 0 Å². The van der Waals surface area contributed by atoms with Gasteiger partial charge in [-0.1, -0.05) is 6.92 Å². The smallest absolute Gasteiger partial charge is 0.200 e. The van der Waals surface area contributed by atoms with E-state index in [9.17, 15) is 5.11 Å². The predicted molar refractivity (Wildman–Crippen MR) is 129 cm³/mol. The maximum atomic E-state index is 10.8. The van der Waals surface area contributed by atoms with Crippen LogP contribution in [-0.4, -0.2) is 38.2 Å². The molecule has 0 amide bonds. The van der Waals surface area contributed by atoms with Crippen LogP contribution in [0.1, 0.15) is 39.3 Å². The van der Waals surface area contributed by atoms with Crippen molar-refractivity contribution in [1.82, 2.24) is 19.3 Å². The molecule has 4 aromatic rings. The summed E-state index contributed by atoms with van der Waals surface area (Å²) in [5.41, 5.74) is 3.43. The Morgan fingerprint density at radius 2 is 1.94 bits per heavy atom. The van der Waals surface area contributed by atoms with Gasteiger partial charge in [0.2, 0.25) is 0 Å². The number of aryl methyl sites for hydroxylation is 1. The molecule has 0 unspecified atom stereocenters. The van der Waals surface area contributed by atoms with Gasteiger partial charge in [0.1, 0.15) is 17.2 Å². The summed E-state index contributed by atoms with van der Waals surface area (Å²) in [7, 11) is 1.60. The Morgan fingerprint density at radius 3 is 2.59 bits per heavy atom. The van der Waals surface area contributed by atoms with Crippen LogP contribution < -0.4 is 9.47 Å². The number of methoxy groups -OCH3 is 1. The molecule has 0 spiro atoms. The zero-order valence-corrected chi connectivity index (χ0v) is 19.8. The second kappa shape index (κ2) is 8.70. The normalized spacial score (nSPS) is 11.4. The van der Waals surface area contributed by atoms with Crippen LogP contribution in [-0.2, 0) is 6.42 Å². The molecule has 0 radical (unpaired) electrons. The second-order valence-electron chi connectivity index (χ2n) is 7.82. The molecule has 2 aromatic carbocycles. The molecule has 7 nitrogen and oxygen atoms in total. The van der Waals surface area contributed by atoms with E-state index in [1.165, 1.54) is 0 Å². The van der Waals surface area contributed by atoms with Gasteiger partial charge in [-0.3, -0.25) is 9.67 Å². The molecule has 32 heavy (non-hydrogen) atoms. The molecule has 0 aliphatic heterocycles. The number of aromatic amines is 1. The minimum absolute atomic E-state index is 0.0798. The number of rotatable bonds is 7. The van der Waals surface area contributed by atoms with Gasteiger partial charge in [-0.25, -0.2) is 0 Å². The largest absolute Gasteiger partial charge is 0.507 e. The van der Waals surface area contributed by atoms with Gasteiger partial charge in [0, 0.05) is 23.7 Å². The first-order chi connectivity index (χ1) is 15.4. The number of benzene rings is 2. The summed E-state index contributed by atoms with van der Waals surface area (Å²) in [6, 6.07) is 9.80. The van der Waals surface area contributed by atoms with Crippen molar-refractivity contribution >= 4 is 23.1 Å². The van der Waals surface area contributed by atoms with E-state index in [0.717, 1.165) is 34.3 Å². The van der Waals surface area contributed by atoms with Crippen LogP contribution in [0.2, 0.25) is 0 Å². The summed E-state index contributed by atoms with van der Waals surface area (Å²) in [5.74, 6) is 2.08. The fourth-order valence-corrected chi connectivity index (χ4v) is 4.33. The van der Waals surface area contributed by atoms with Crippen molar-refractivity contribution in [3.05, 3.63) is 46.9 Å². The van der Waals surface area contributed by atoms with Crippen molar-refractivity contribution in [3.63, 3.8) is 0 Å². The molecule has 2 aromatic heterocycles. The summed E-state index contributed by atoms with van der Waals surface area (Å²) in [6.07, 6.45) is 2.82. The summed E-state index contributed by atoms with van der Waals surface area (Å²) < 4.78 is 15.8. The Balaban J connectivity index is 2.00. The number of aromatic hydroxyl groups is 1. The Labute approximate surface area is 192 Å². The lowest BCUT2D eigenvalue weighted by molar-refractivity contribution is 0.342. The van der Waals surface area contributed by atoms with Gasteiger partial charge in [-0.2, -0.15) is 5.10 Å². The summed E-state index contributed by atoms with van der Waals surface area (Å²) in [6.45, 7) is 8.87. The first-order valence-corrected chi connectivity index (χ1v) is 11.2. The molecule has 0 saturated carbocycles. The molecule has 0 aliphatic rings. The van der Waals surface area contributed by atoms with Crippen LogP contribution in [0.15, 0.2) is 36.5 Å². The van der Waals surface area contributed by atoms with Gasteiger partial charge in [0.25, 0.3) is 0 Å². The average molecular weight is 453 g/mol. The number of ether oxygens (including phenoxy) is 2. The highest BCUT2D eigenvalue weighted by molar-refractivity contribution is 7.71. The Morgan fingerprint density at radius 1 is 1.16 bits per heavy atom. The highest BCUT2D eigenvalue weighted by Gasteiger charge is 2.21. The topological polar surface area (TPSA) is 77.2 Å². The zero-order valence-electron chi connectivity index (χ0n) is 19.0. The van der Waals surface area contributed by atoms with E-state index in [4.69, 9.17) is 21.7 Å². The first kappa shape index (κ1) is 22.0. The molecule has 0 atom stereocenters. The van der Waals surface area contributed by atoms with Gasteiger partial charge < -0.3 is 19.1 Å². The molecule has 0 aliphatic carbocycles. The second-order valence-corrected chi connectivity index (χ2v) is 8.20. The monoisotopic (exact) mass is 452 g/mol. The predicted octanol–water partition coefficient (Wildman–Crippen LogP) is 5.81. The standard InChI is InChI=1S/C24H28N4O3S/c1-6-15-12-17(19(29)13-21(15)30-5)23-25-26-24(32)28(23)18-8-9-20(31-7-2)22-16(18)10-11-27(22)14(3)4/h8-14,29H,6-7H2,1-5H3,(H,26,32). The number of nitrogens with zero attached hydrogens (tertiary/aromatic N) is 3. The van der Waals surface area contributed by atoms with E-state index in [2.05, 4.69) is 40.9 Å². The molecule has 0 fully saturated rings. The van der Waals surface area contributed by atoms with Crippen molar-refractivity contribution < 1.29 is 14.6 Å². The van der Waals surface area contributed by atoms with Crippen molar-refractivity contribution in [3.8, 4) is 34.3 Å². The van der Waals surface area contributed by atoms with Crippen molar-refractivity contribution in [1.29, 1.82) is 0 Å². The Hall–Kier alpha value is -3.26. The van der Waals surface area contributed by atoms with E-state index < -0.39 is 0 Å². The van der Waals surface area contributed by atoms with E-state index in [0.29, 0.717) is 28.5 Å². The number of fused-ring (bicyclic) bond motifs is 1. The minimum Gasteiger partial charge on any atom is -0.507 e. The van der Waals surface area contributed by atoms with E-state index in [1.807, 2.05) is 36.6 Å². The third kappa shape index (κ3) is 3.54. The molecule has 168 valence electrons. The minimum atomic E-state index is 0.0798. The highest BCUT2D eigenvalue weighted by atomic mass is 32.1. The zero-order chi connectivity index (χ0) is 23.0. The van der Waals surface area contributed by atoms with Crippen LogP contribution in [0.4, 0.5) is 0 Å². The van der Waals surface area contributed by atoms with Gasteiger partial charge in [0.15, 0.2) is 10.6 Å². The maximum Gasteiger partial charge on any atom is 0.200 e. The van der Waals surface area contributed by atoms with Crippen LogP contribution in [0.5, 0.6) is 17.2 Å². The first-order valence-electron chi connectivity index (χ1n) is 10.8. The van der Waals surface area contributed by atoms with Crippen LogP contribution >= 0.6 is 12.2 Å². The number of hydrogen-bond donors (Lipinski definition) is 2. The van der Waals surface area contributed by atoms with Crippen molar-refractivity contribution in [2.45, 2.75) is 40.2 Å². The maximum absolute atomic E-state index is 10.8. The molecular weight excluding hydrogens is 424 g/mol. The molecule has 8 heteroatoms. The number of aromatic nitrogens is 4. The fourth-order valence-electron chi connectivity index (χ4n) is 4.10. The third-order valence-corrected chi connectivity index (χ3v) is 5.88. The summed E-state index contributed by atoms with van der Waals surface area (Å²) in [5, 5.41) is 19.1. The molecule has 2 N–H and O–H groups in total. The lowest BCUT2D eigenvalue weighted by atomic mass is 10.1. The Kier molecular flexibility index (Phi) is 5.97. The Bertz CT molecular complexity index is 1330. The van der Waals surface area contributed by atoms with Gasteiger partial charge in [0.05, 0.1) is 30.5 Å². The van der Waals surface area contributed by atoms with Crippen LogP contribution in [0, 0.1) is 4.77 Å². The number of nitrogens with one attached hydrogen (secondary N) is 1. The molecule has 0 saturated heterocycles. The number of hydrogen-bond acceptors (Lipinski definition) is 5. The lowest BCUT2D eigenvalue weighted by Gasteiger charge is -2.16. The summed E-state index contributed by atoms with van der Waals surface area (Å²) >= 11 is 5.61. The van der Waals surface area contributed by atoms with Gasteiger partial charge >= 0.3 is 0 Å². The molecule has 2 heterocycles. The van der Waals surface area contributed by atoms with Crippen molar-refractivity contribution in [2.75, 3.05) is 13.7 Å². The van der Waals surface area contributed by atoms with Gasteiger partial charge in [-0.15, -0.1) is 0 Å². The summed E-state index contributed by atoms with van der Waals surface area (Å²) in [4.78, 5) is 0. The number of phenolic OH excluding ortho intramolecular Hbond substituents is 1. The molecule has 4 rings (SSSR count). The molecular formula is C24H28N4O3S. The average Bonchev–Trinajstić information content (AvgIpc) is 3.39. The highest BCUT2D eigenvalue weighted by Crippen LogP contribution is 2.39. The van der Waals surface area contributed by atoms with E-state index in [-0.39, 0.29) is 11.8 Å². The molecule has 0 bridgehead atoms. The number of phenols is 1. The fraction of sp³-hybridized carbons (Fsp3) is 0.333. The van der Waals surface area contributed by atoms with Crippen LogP contribution in [0.25, 0.3) is 28.0 Å². The van der Waals surface area contributed by atoms with Crippen LogP contribution in [0.3, 0.4) is 0 Å².